The summed E-state index contributed by atoms with van der Waals surface area (Å²) in [6.07, 6.45) is 9.59. The fourth-order valence-electron chi connectivity index (χ4n) is 6.10. The summed E-state index contributed by atoms with van der Waals surface area (Å²) in [5, 5.41) is 44.0. The molecule has 71 heavy (non-hydrogen) atoms. The molecule has 0 saturated heterocycles. The van der Waals surface area contributed by atoms with E-state index < -0.39 is 30.8 Å². The summed E-state index contributed by atoms with van der Waals surface area (Å²) >= 11 is 0. The Morgan fingerprint density at radius 3 is 1.11 bits per heavy atom. The van der Waals surface area contributed by atoms with Crippen molar-refractivity contribution in [3.63, 3.8) is 0 Å². The van der Waals surface area contributed by atoms with Gasteiger partial charge in [0.25, 0.3) is 0 Å². The van der Waals surface area contributed by atoms with Crippen LogP contribution in [0, 0.1) is 13.8 Å². The average Bonchev–Trinajstić information content (AvgIpc) is 3.82. The Kier molecular flexibility index (Phi) is 27.0. The number of rotatable bonds is 20. The van der Waals surface area contributed by atoms with Gasteiger partial charge in [-0.3, -0.25) is 0 Å². The molecule has 0 saturated carbocycles. The molecule has 10 N–H and O–H groups in total. The summed E-state index contributed by atoms with van der Waals surface area (Å²) < 4.78 is 49.9. The van der Waals surface area contributed by atoms with Gasteiger partial charge in [-0.15, -0.1) is 11.4 Å². The second-order valence-corrected chi connectivity index (χ2v) is 20.0. The quantitative estimate of drug-likeness (QED) is 0.0247. The normalized spacial score (nSPS) is 11.3. The number of phenolic OH excluding ortho intramolecular Hbond substituents is 2. The van der Waals surface area contributed by atoms with E-state index in [0.29, 0.717) is 22.8 Å². The Balaban J connectivity index is 0.000000543. The number of aromatic hydroxyl groups is 2. The van der Waals surface area contributed by atoms with Crippen LogP contribution < -0.4 is 34.1 Å². The van der Waals surface area contributed by atoms with Crippen LogP contribution in [0.1, 0.15) is 78.0 Å². The maximum absolute atomic E-state index is 12.5. The first kappa shape index (κ1) is 61.1. The summed E-state index contributed by atoms with van der Waals surface area (Å²) in [5.41, 5.74) is 22.4. The van der Waals surface area contributed by atoms with Crippen LogP contribution in [0.4, 0.5) is 22.7 Å². The van der Waals surface area contributed by atoms with E-state index in [1.165, 1.54) is 73.2 Å². The fourth-order valence-corrected chi connectivity index (χ4v) is 7.90. The van der Waals surface area contributed by atoms with Crippen LogP contribution in [0.3, 0.4) is 0 Å². The number of unbranched alkanes of at least 4 members (excludes halogenated alkanes) is 6. The molecule has 23 heteroatoms. The molecule has 0 unspecified atom stereocenters. The summed E-state index contributed by atoms with van der Waals surface area (Å²) in [5.74, 6) is -0.835. The fraction of sp³-hybridized carbons (Fsp3) is 0.375. The van der Waals surface area contributed by atoms with Gasteiger partial charge in [0.15, 0.2) is 19.7 Å². The maximum atomic E-state index is 12.5. The zero-order valence-electron chi connectivity index (χ0n) is 41.6. The molecule has 2 heterocycles. The van der Waals surface area contributed by atoms with Crippen LogP contribution in [-0.4, -0.2) is 84.3 Å². The standard InChI is InChI=1S/2C18H17N4O4S.2C6H16N2.Cr/c2*1-3-27(25,26)14-9-10-15(16(23)11-14)19-20-17-12(2)21-22(18(17)24)13-7-5-4-6-8-13;2*7-5-3-1-2-4-6-8;/h2*4-11,23H,3H2,1-2H3;2*1-8H2;/q2*-1;;;/p+1. The molecule has 0 atom stereocenters. The number of aryl methyl sites for hydroxylation is 2. The van der Waals surface area contributed by atoms with E-state index >= 15 is 0 Å². The number of aromatic nitrogens is 4. The molecule has 0 radical (unpaired) electrons. The van der Waals surface area contributed by atoms with Crippen molar-refractivity contribution in [2.24, 2.45) is 43.4 Å². The van der Waals surface area contributed by atoms with E-state index in [1.807, 2.05) is 12.1 Å². The molecule has 0 fully saturated rings. The van der Waals surface area contributed by atoms with Gasteiger partial charge in [-0.05, 0) is 100 Å². The predicted molar refractivity (Wildman–Crippen MR) is 275 cm³/mol. The third-order valence-electron chi connectivity index (χ3n) is 10.2. The van der Waals surface area contributed by atoms with E-state index in [4.69, 9.17) is 22.9 Å². The zero-order chi connectivity index (χ0) is 51.7. The third-order valence-corrected chi connectivity index (χ3v) is 13.6. The Bertz CT molecular complexity index is 2740. The van der Waals surface area contributed by atoms with Crippen molar-refractivity contribution < 1.29 is 45.8 Å². The molecule has 20 nitrogen and oxygen atoms in total. The van der Waals surface area contributed by atoms with Gasteiger partial charge >= 0.3 is 1.43 Å². The minimum absolute atomic E-state index is 0. The molecule has 386 valence electrons. The first-order valence-electron chi connectivity index (χ1n) is 22.9. The second kappa shape index (κ2) is 31.3. The minimum Gasteiger partial charge on any atom is -0.506 e. The molecule has 0 aliphatic heterocycles. The van der Waals surface area contributed by atoms with Crippen LogP contribution in [0.15, 0.2) is 137 Å². The maximum Gasteiger partial charge on any atom is 1.00 e. The zero-order valence-corrected chi connectivity index (χ0v) is 43.5. The number of nitrogens with zero attached hydrogens (tertiary/aromatic N) is 8. The molecule has 0 spiro atoms. The average molecular weight is 1060 g/mol. The van der Waals surface area contributed by atoms with Crippen molar-refractivity contribution in [2.75, 3.05) is 37.7 Å². The van der Waals surface area contributed by atoms with E-state index in [9.17, 15) is 36.6 Å². The van der Waals surface area contributed by atoms with Gasteiger partial charge in [-0.2, -0.15) is 10.2 Å². The van der Waals surface area contributed by atoms with E-state index in [2.05, 4.69) is 30.7 Å². The van der Waals surface area contributed by atoms with Crippen molar-refractivity contribution in [2.45, 2.75) is 88.9 Å². The Labute approximate surface area is 427 Å². The Hall–Kier alpha value is -6.03. The molecule has 0 bridgehead atoms. The number of para-hydroxylation sites is 2. The molecular weight excluding hydrogens is 989 g/mol. The van der Waals surface area contributed by atoms with Gasteiger partial charge in [0.1, 0.15) is 34.0 Å². The summed E-state index contributed by atoms with van der Waals surface area (Å²) in [7, 11) is -6.88. The molecule has 4 aromatic carbocycles. The number of nitrogens with two attached hydrogens (primary N) is 4. The van der Waals surface area contributed by atoms with Crippen molar-refractivity contribution in [3.8, 4) is 22.9 Å². The van der Waals surface area contributed by atoms with Gasteiger partial charge in [-0.25, -0.2) is 36.4 Å². The SMILES string of the molecule is CCS(=O)(=O)c1ccc(N=N[c-]2c(C)nn(-c3ccccc3)c2=O)c(O)c1.CCS(=O)(=O)c1ccc(N=N[c-]2c(C)nn(-c3ccccc3)c2=O)c(O)c1.NCCCCCCN.NCCCCCCN.[Cr].[H+]. The van der Waals surface area contributed by atoms with Crippen LogP contribution in [-0.2, 0) is 37.0 Å². The van der Waals surface area contributed by atoms with Gasteiger partial charge < -0.3 is 53.0 Å². The molecule has 0 aliphatic carbocycles. The molecular formula is C48H67CrN12O8S2-. The number of phenols is 2. The van der Waals surface area contributed by atoms with E-state index in [0.717, 1.165) is 64.0 Å². The molecule has 0 aliphatic rings. The van der Waals surface area contributed by atoms with Crippen molar-refractivity contribution in [1.82, 2.24) is 19.6 Å². The van der Waals surface area contributed by atoms with Crippen LogP contribution in [0.5, 0.6) is 11.5 Å². The number of sulfone groups is 2. The van der Waals surface area contributed by atoms with Crippen LogP contribution in [0.2, 0.25) is 0 Å². The Morgan fingerprint density at radius 2 is 0.845 bits per heavy atom. The van der Waals surface area contributed by atoms with E-state index in [-0.39, 0.29) is 74.3 Å². The molecule has 0 amide bonds. The number of hydrogen-bond donors (Lipinski definition) is 6. The Morgan fingerprint density at radius 1 is 0.535 bits per heavy atom. The smallest absolute Gasteiger partial charge is 0.506 e. The van der Waals surface area contributed by atoms with Crippen LogP contribution in [0.25, 0.3) is 11.4 Å². The first-order valence-corrected chi connectivity index (χ1v) is 26.2. The van der Waals surface area contributed by atoms with Crippen molar-refractivity contribution >= 4 is 42.4 Å². The van der Waals surface area contributed by atoms with Gasteiger partial charge in [0, 0.05) is 29.5 Å². The van der Waals surface area contributed by atoms with Gasteiger partial charge in [-0.1, -0.05) is 101 Å². The van der Waals surface area contributed by atoms with Crippen molar-refractivity contribution in [3.05, 3.63) is 129 Å². The molecule has 6 aromatic rings. The second-order valence-electron chi connectivity index (χ2n) is 15.5. The number of hydrogen-bond acceptors (Lipinski definition) is 18. The number of azo groups is 2. The van der Waals surface area contributed by atoms with Gasteiger partial charge in [0.05, 0.1) is 32.7 Å². The number of benzene rings is 4. The van der Waals surface area contributed by atoms with E-state index in [1.54, 1.807) is 62.4 Å². The monoisotopic (exact) mass is 1060 g/mol. The van der Waals surface area contributed by atoms with Crippen LogP contribution >= 0.6 is 0 Å². The first-order chi connectivity index (χ1) is 33.5. The summed E-state index contributed by atoms with van der Waals surface area (Å²) in [6.45, 7) is 9.59. The van der Waals surface area contributed by atoms with Crippen molar-refractivity contribution in [1.29, 1.82) is 0 Å². The largest absolute Gasteiger partial charge is 1.00 e. The minimum atomic E-state index is -3.44. The molecule has 6 rings (SSSR count). The molecule has 2 aromatic heterocycles. The summed E-state index contributed by atoms with van der Waals surface area (Å²) in [6, 6.07) is 25.4. The predicted octanol–water partition coefficient (Wildman–Crippen LogP) is 7.39. The topological polar surface area (TPSA) is 332 Å². The third kappa shape index (κ3) is 18.9. The summed E-state index contributed by atoms with van der Waals surface area (Å²) in [4.78, 5) is 25.0. The van der Waals surface area contributed by atoms with Gasteiger partial charge in [0.2, 0.25) is 0 Å².